The first-order chi connectivity index (χ1) is 11.7. The Labute approximate surface area is 142 Å². The predicted molar refractivity (Wildman–Crippen MR) is 88.0 cm³/mol. The van der Waals surface area contributed by atoms with E-state index >= 15 is 0 Å². The second kappa shape index (κ2) is 4.84. The molecule has 2 bridgehead atoms. The van der Waals surface area contributed by atoms with Crippen molar-refractivity contribution in [2.75, 3.05) is 6.54 Å². The molecule has 1 aliphatic carbocycles. The van der Waals surface area contributed by atoms with E-state index in [1.165, 1.54) is 6.42 Å². The van der Waals surface area contributed by atoms with Crippen molar-refractivity contribution < 1.29 is 14.3 Å². The Bertz CT molecular complexity index is 702. The summed E-state index contributed by atoms with van der Waals surface area (Å²) in [6.07, 6.45) is 7.15. The monoisotopic (exact) mass is 325 g/mol. The number of rotatable bonds is 1. The average Bonchev–Trinajstić information content (AvgIpc) is 2.79. The van der Waals surface area contributed by atoms with E-state index in [-0.39, 0.29) is 17.8 Å². The predicted octanol–water partition coefficient (Wildman–Crippen LogP) is 3.01. The van der Waals surface area contributed by atoms with Gasteiger partial charge in [0, 0.05) is 18.4 Å². The Hall–Kier alpha value is -1.84. The molecule has 5 aliphatic rings. The van der Waals surface area contributed by atoms with Crippen LogP contribution in [0.4, 0.5) is 0 Å². The highest BCUT2D eigenvalue weighted by atomic mass is 16.6. The number of nitrogens with zero attached hydrogens (tertiary/aromatic N) is 1. The van der Waals surface area contributed by atoms with Gasteiger partial charge in [-0.1, -0.05) is 43.2 Å². The first-order valence-corrected chi connectivity index (χ1v) is 9.30. The van der Waals surface area contributed by atoms with Crippen LogP contribution in [0.1, 0.15) is 50.5 Å². The molecule has 4 nitrogen and oxygen atoms in total. The van der Waals surface area contributed by atoms with E-state index in [0.717, 1.165) is 44.2 Å². The van der Waals surface area contributed by atoms with E-state index in [1.807, 2.05) is 35.2 Å². The quantitative estimate of drug-likeness (QED) is 0.589. The van der Waals surface area contributed by atoms with Crippen LogP contribution in [0, 0.1) is 11.8 Å². The number of benzene rings is 1. The summed E-state index contributed by atoms with van der Waals surface area (Å²) in [6, 6.07) is 9.57. The number of amides is 1. The third-order valence-corrected chi connectivity index (χ3v) is 6.92. The molecule has 4 heteroatoms. The Morgan fingerprint density at radius 1 is 0.958 bits per heavy atom. The minimum Gasteiger partial charge on any atom is -0.437 e. The molecule has 2 unspecified atom stereocenters. The maximum Gasteiger partial charge on any atom is 0.328 e. The van der Waals surface area contributed by atoms with Crippen LogP contribution in [0.5, 0.6) is 0 Å². The van der Waals surface area contributed by atoms with Gasteiger partial charge in [-0.05, 0) is 37.7 Å². The SMILES string of the molecule is O=C1O[C@]23C4CCCCN2C(=O)[C@@]1(c1ccccc1)CC3CCC4. The maximum atomic E-state index is 13.6. The van der Waals surface area contributed by atoms with Gasteiger partial charge in [-0.3, -0.25) is 9.59 Å². The number of hydrogen-bond donors (Lipinski definition) is 0. The molecule has 1 spiro atoms. The summed E-state index contributed by atoms with van der Waals surface area (Å²) in [7, 11) is 0. The van der Waals surface area contributed by atoms with Gasteiger partial charge in [0.05, 0.1) is 0 Å². The lowest BCUT2D eigenvalue weighted by molar-refractivity contribution is -0.274. The van der Waals surface area contributed by atoms with Crippen LogP contribution in [-0.2, 0) is 19.7 Å². The molecule has 4 atom stereocenters. The lowest BCUT2D eigenvalue weighted by atomic mass is 9.57. The zero-order valence-electron chi connectivity index (χ0n) is 13.9. The van der Waals surface area contributed by atoms with Crippen LogP contribution in [0.25, 0.3) is 0 Å². The molecular formula is C20H23NO3. The highest BCUT2D eigenvalue weighted by molar-refractivity contribution is 6.11. The van der Waals surface area contributed by atoms with Gasteiger partial charge in [-0.25, -0.2) is 0 Å². The number of hydrogen-bond acceptors (Lipinski definition) is 3. The standard InChI is InChI=1S/C20H23NO3/c22-17-19(14-7-2-1-3-8-14)13-16-11-6-10-15-9-4-5-12-21(17)20(15,16)24-18(19)23/h1-3,7-8,15-16H,4-6,9-13H2/t15?,16?,19-,20-/m0/s1. The van der Waals surface area contributed by atoms with Crippen LogP contribution in [0.3, 0.4) is 0 Å². The van der Waals surface area contributed by atoms with Crippen molar-refractivity contribution in [2.45, 2.75) is 56.1 Å². The molecule has 4 saturated heterocycles. The molecular weight excluding hydrogens is 302 g/mol. The maximum absolute atomic E-state index is 13.6. The van der Waals surface area contributed by atoms with Crippen LogP contribution < -0.4 is 0 Å². The van der Waals surface area contributed by atoms with Crippen LogP contribution in [-0.4, -0.2) is 29.0 Å². The molecule has 4 aliphatic heterocycles. The number of carbonyl (C=O) groups excluding carboxylic acids is 2. The van der Waals surface area contributed by atoms with E-state index in [9.17, 15) is 9.59 Å². The first kappa shape index (κ1) is 14.5. The summed E-state index contributed by atoms with van der Waals surface area (Å²) in [5.41, 5.74) is -0.945. The Balaban J connectivity index is 1.71. The molecule has 24 heavy (non-hydrogen) atoms. The van der Waals surface area contributed by atoms with E-state index in [1.54, 1.807) is 0 Å². The molecule has 0 aromatic heterocycles. The molecule has 4 heterocycles. The van der Waals surface area contributed by atoms with Crippen LogP contribution >= 0.6 is 0 Å². The topological polar surface area (TPSA) is 46.6 Å². The fourth-order valence-electron chi connectivity index (χ4n) is 5.89. The Morgan fingerprint density at radius 2 is 1.71 bits per heavy atom. The largest absolute Gasteiger partial charge is 0.437 e. The molecule has 1 aromatic rings. The molecule has 126 valence electrons. The third kappa shape index (κ3) is 1.55. The third-order valence-electron chi connectivity index (χ3n) is 6.92. The zero-order valence-corrected chi connectivity index (χ0v) is 13.9. The lowest BCUT2D eigenvalue weighted by Crippen LogP contribution is -2.78. The molecule has 1 aromatic carbocycles. The Kier molecular flexibility index (Phi) is 2.92. The van der Waals surface area contributed by atoms with Crippen molar-refractivity contribution in [2.24, 2.45) is 11.8 Å². The number of piperidine rings is 1. The summed E-state index contributed by atoms with van der Waals surface area (Å²) >= 11 is 0. The van der Waals surface area contributed by atoms with Gasteiger partial charge >= 0.3 is 5.97 Å². The van der Waals surface area contributed by atoms with Crippen molar-refractivity contribution in [1.82, 2.24) is 4.90 Å². The molecule has 1 amide bonds. The normalized spacial score (nSPS) is 40.8. The summed E-state index contributed by atoms with van der Waals surface area (Å²) < 4.78 is 6.22. The van der Waals surface area contributed by atoms with Crippen molar-refractivity contribution in [1.29, 1.82) is 0 Å². The summed E-state index contributed by atoms with van der Waals surface area (Å²) in [5.74, 6) is 0.292. The summed E-state index contributed by atoms with van der Waals surface area (Å²) in [6.45, 7) is 0.730. The second-order valence-corrected chi connectivity index (χ2v) is 7.89. The molecule has 1 saturated carbocycles. The van der Waals surface area contributed by atoms with E-state index in [4.69, 9.17) is 4.74 Å². The minimum absolute atomic E-state index is 0.00463. The van der Waals surface area contributed by atoms with Gasteiger partial charge in [0.25, 0.3) is 0 Å². The molecule has 6 rings (SSSR count). The van der Waals surface area contributed by atoms with Crippen molar-refractivity contribution >= 4 is 11.9 Å². The van der Waals surface area contributed by atoms with Gasteiger partial charge in [0.1, 0.15) is 0 Å². The molecule has 5 fully saturated rings. The van der Waals surface area contributed by atoms with Gasteiger partial charge in [-0.15, -0.1) is 0 Å². The minimum atomic E-state index is -1.11. The fourth-order valence-corrected chi connectivity index (χ4v) is 5.89. The number of fused-ring (bicyclic) bond motifs is 1. The fraction of sp³-hybridized carbons (Fsp3) is 0.600. The van der Waals surface area contributed by atoms with E-state index in [2.05, 4.69) is 0 Å². The summed E-state index contributed by atoms with van der Waals surface area (Å²) in [5, 5.41) is 0. The Morgan fingerprint density at radius 3 is 2.54 bits per heavy atom. The number of carbonyl (C=O) groups is 2. The smallest absolute Gasteiger partial charge is 0.328 e. The lowest BCUT2D eigenvalue weighted by Gasteiger charge is -2.64. The van der Waals surface area contributed by atoms with Gasteiger partial charge in [0.15, 0.2) is 11.1 Å². The van der Waals surface area contributed by atoms with Gasteiger partial charge in [0.2, 0.25) is 5.91 Å². The zero-order chi connectivity index (χ0) is 16.4. The second-order valence-electron chi connectivity index (χ2n) is 7.89. The van der Waals surface area contributed by atoms with Crippen molar-refractivity contribution in [3.05, 3.63) is 35.9 Å². The molecule has 0 N–H and O–H groups in total. The summed E-state index contributed by atoms with van der Waals surface area (Å²) in [4.78, 5) is 28.6. The average molecular weight is 325 g/mol. The number of ether oxygens (including phenoxy) is 1. The number of esters is 1. The van der Waals surface area contributed by atoms with Crippen LogP contribution in [0.15, 0.2) is 30.3 Å². The van der Waals surface area contributed by atoms with Crippen molar-refractivity contribution in [3.8, 4) is 0 Å². The van der Waals surface area contributed by atoms with Gasteiger partial charge < -0.3 is 9.64 Å². The van der Waals surface area contributed by atoms with E-state index in [0.29, 0.717) is 12.3 Å². The highest BCUT2D eigenvalue weighted by Crippen LogP contribution is 2.60. The van der Waals surface area contributed by atoms with E-state index < -0.39 is 11.1 Å². The molecule has 0 radical (unpaired) electrons. The van der Waals surface area contributed by atoms with Crippen LogP contribution in [0.2, 0.25) is 0 Å². The highest BCUT2D eigenvalue weighted by Gasteiger charge is 2.72. The van der Waals surface area contributed by atoms with Crippen molar-refractivity contribution in [3.63, 3.8) is 0 Å². The van der Waals surface area contributed by atoms with Gasteiger partial charge in [-0.2, -0.15) is 0 Å². The first-order valence-electron chi connectivity index (χ1n) is 9.30.